The fourth-order valence-electron chi connectivity index (χ4n) is 3.26. The molecule has 4 rings (SSSR count). The average Bonchev–Trinajstić information content (AvgIpc) is 3.40. The van der Waals surface area contributed by atoms with E-state index in [2.05, 4.69) is 0 Å². The summed E-state index contributed by atoms with van der Waals surface area (Å²) in [6, 6.07) is 6.69. The minimum atomic E-state index is -4.57. The topological polar surface area (TPSA) is 42.7 Å². The number of hydrogen-bond donors (Lipinski definition) is 0. The minimum absolute atomic E-state index is 0.0187. The van der Waals surface area contributed by atoms with Gasteiger partial charge in [-0.25, -0.2) is 0 Å². The van der Waals surface area contributed by atoms with Crippen LogP contribution in [-0.4, -0.2) is 34.4 Å². The van der Waals surface area contributed by atoms with Crippen molar-refractivity contribution in [1.29, 1.82) is 0 Å². The number of carbonyl (C=O) groups excluding carboxylic acids is 1. The molecule has 158 valence electrons. The number of hydrogen-bond acceptors (Lipinski definition) is 5. The van der Waals surface area contributed by atoms with Crippen molar-refractivity contribution >= 4 is 51.9 Å². The lowest BCUT2D eigenvalue weighted by molar-refractivity contribution is -0.137. The highest BCUT2D eigenvalue weighted by atomic mass is 35.5. The Morgan fingerprint density at radius 3 is 2.80 bits per heavy atom. The van der Waals surface area contributed by atoms with Crippen molar-refractivity contribution in [1.82, 2.24) is 4.90 Å². The first-order chi connectivity index (χ1) is 14.2. The molecule has 4 nitrogen and oxygen atoms in total. The molecule has 0 spiro atoms. The normalized spacial score (nSPS) is 21.3. The number of thiocarbonyl (C=S) groups is 1. The number of thioether (sulfide) groups is 1. The minimum Gasteiger partial charge on any atom is -0.457 e. The number of furan rings is 1. The zero-order chi connectivity index (χ0) is 21.5. The number of benzene rings is 1. The Bertz CT molecular complexity index is 1030. The Hall–Kier alpha value is -1.81. The van der Waals surface area contributed by atoms with Crippen molar-refractivity contribution < 1.29 is 27.1 Å². The van der Waals surface area contributed by atoms with Crippen LogP contribution in [0.1, 0.15) is 24.2 Å². The van der Waals surface area contributed by atoms with Crippen LogP contribution in [0.3, 0.4) is 0 Å². The van der Waals surface area contributed by atoms with Gasteiger partial charge in [-0.2, -0.15) is 13.2 Å². The predicted molar refractivity (Wildman–Crippen MR) is 113 cm³/mol. The SMILES string of the molecule is O=C1/C(=C/c2ccc(-c3ccc(Cl)c(C(F)(F)F)c3)o2)SC(=S)N1C[C@@H]1CCCO1. The van der Waals surface area contributed by atoms with E-state index in [1.807, 2.05) is 0 Å². The van der Waals surface area contributed by atoms with Gasteiger partial charge in [-0.05, 0) is 43.2 Å². The Morgan fingerprint density at radius 2 is 2.10 bits per heavy atom. The summed E-state index contributed by atoms with van der Waals surface area (Å²) in [7, 11) is 0. The molecule has 2 aliphatic heterocycles. The molecule has 0 N–H and O–H groups in total. The van der Waals surface area contributed by atoms with E-state index in [1.54, 1.807) is 18.2 Å². The first-order valence-corrected chi connectivity index (χ1v) is 10.7. The molecular weight excluding hydrogens is 459 g/mol. The van der Waals surface area contributed by atoms with Gasteiger partial charge in [0.15, 0.2) is 0 Å². The van der Waals surface area contributed by atoms with Crippen LogP contribution in [0.5, 0.6) is 0 Å². The molecule has 2 aromatic rings. The zero-order valence-corrected chi connectivity index (χ0v) is 17.8. The summed E-state index contributed by atoms with van der Waals surface area (Å²) >= 11 is 12.1. The number of rotatable bonds is 4. The van der Waals surface area contributed by atoms with Crippen molar-refractivity contribution in [3.8, 4) is 11.3 Å². The van der Waals surface area contributed by atoms with Crippen LogP contribution < -0.4 is 0 Å². The number of nitrogens with zero attached hydrogens (tertiary/aromatic N) is 1. The van der Waals surface area contributed by atoms with Gasteiger partial charge in [0.2, 0.25) is 0 Å². The number of amides is 1. The highest BCUT2D eigenvalue weighted by molar-refractivity contribution is 8.26. The smallest absolute Gasteiger partial charge is 0.417 e. The van der Waals surface area contributed by atoms with Gasteiger partial charge in [-0.3, -0.25) is 9.69 Å². The molecule has 1 atom stereocenters. The lowest BCUT2D eigenvalue weighted by Gasteiger charge is -2.18. The summed E-state index contributed by atoms with van der Waals surface area (Å²) in [5.41, 5.74) is -0.702. The third-order valence-corrected chi connectivity index (χ3v) is 6.45. The Labute approximate surface area is 185 Å². The molecule has 0 saturated carbocycles. The van der Waals surface area contributed by atoms with Gasteiger partial charge >= 0.3 is 6.18 Å². The molecule has 3 heterocycles. The molecule has 2 aliphatic rings. The van der Waals surface area contributed by atoms with E-state index in [0.29, 0.717) is 28.1 Å². The second-order valence-corrected chi connectivity index (χ2v) is 8.90. The highest BCUT2D eigenvalue weighted by Gasteiger charge is 2.35. The van der Waals surface area contributed by atoms with E-state index in [-0.39, 0.29) is 28.4 Å². The summed E-state index contributed by atoms with van der Waals surface area (Å²) < 4.78 is 50.9. The zero-order valence-electron chi connectivity index (χ0n) is 15.4. The van der Waals surface area contributed by atoms with E-state index in [0.717, 1.165) is 30.7 Å². The number of ether oxygens (including phenoxy) is 1. The summed E-state index contributed by atoms with van der Waals surface area (Å²) in [6.07, 6.45) is -1.20. The van der Waals surface area contributed by atoms with E-state index >= 15 is 0 Å². The molecule has 1 amide bonds. The Morgan fingerprint density at radius 1 is 1.30 bits per heavy atom. The lowest BCUT2D eigenvalue weighted by atomic mass is 10.1. The molecule has 0 unspecified atom stereocenters. The largest absolute Gasteiger partial charge is 0.457 e. The quantitative estimate of drug-likeness (QED) is 0.402. The number of carbonyl (C=O) groups is 1. The molecule has 1 aromatic heterocycles. The molecule has 0 bridgehead atoms. The molecule has 0 aliphatic carbocycles. The van der Waals surface area contributed by atoms with Crippen LogP contribution in [-0.2, 0) is 15.7 Å². The fraction of sp³-hybridized carbons (Fsp3) is 0.300. The molecule has 2 fully saturated rings. The van der Waals surface area contributed by atoms with E-state index < -0.39 is 11.7 Å². The standard InChI is InChI=1S/C20H15ClF3NO3S2/c21-15-5-3-11(8-14(15)20(22,23)24)16-6-4-12(28-16)9-17-18(26)25(19(29)30-17)10-13-2-1-7-27-13/h3-6,8-9,13H,1-2,7,10H2/b17-9-/t13-/m0/s1. The average molecular weight is 474 g/mol. The molecular formula is C20H15ClF3NO3S2. The van der Waals surface area contributed by atoms with Gasteiger partial charge in [0.1, 0.15) is 15.8 Å². The molecule has 1 aromatic carbocycles. The van der Waals surface area contributed by atoms with Crippen LogP contribution in [0.4, 0.5) is 13.2 Å². The van der Waals surface area contributed by atoms with Crippen molar-refractivity contribution in [3.63, 3.8) is 0 Å². The van der Waals surface area contributed by atoms with Crippen LogP contribution in [0.25, 0.3) is 17.4 Å². The van der Waals surface area contributed by atoms with Gasteiger partial charge < -0.3 is 9.15 Å². The third-order valence-electron chi connectivity index (χ3n) is 4.74. The maximum atomic E-state index is 13.1. The monoisotopic (exact) mass is 473 g/mol. The van der Waals surface area contributed by atoms with E-state index in [9.17, 15) is 18.0 Å². The van der Waals surface area contributed by atoms with Gasteiger partial charge in [-0.1, -0.05) is 35.6 Å². The summed E-state index contributed by atoms with van der Waals surface area (Å²) in [5, 5.41) is -0.382. The third kappa shape index (κ3) is 4.44. The second kappa shape index (κ2) is 8.37. The van der Waals surface area contributed by atoms with Crippen LogP contribution >= 0.6 is 35.6 Å². The molecule has 2 saturated heterocycles. The summed E-state index contributed by atoms with van der Waals surface area (Å²) in [6.45, 7) is 1.10. The van der Waals surface area contributed by atoms with Crippen molar-refractivity contribution in [2.24, 2.45) is 0 Å². The first kappa shape index (κ1) is 21.4. The molecule has 0 radical (unpaired) electrons. The van der Waals surface area contributed by atoms with Gasteiger partial charge in [-0.15, -0.1) is 0 Å². The number of alkyl halides is 3. The number of halogens is 4. The maximum Gasteiger partial charge on any atom is 0.417 e. The Balaban J connectivity index is 1.54. The van der Waals surface area contributed by atoms with Crippen molar-refractivity contribution in [2.75, 3.05) is 13.2 Å². The van der Waals surface area contributed by atoms with Crippen LogP contribution in [0, 0.1) is 0 Å². The van der Waals surface area contributed by atoms with Gasteiger partial charge in [0.05, 0.1) is 28.1 Å². The van der Waals surface area contributed by atoms with Crippen LogP contribution in [0.2, 0.25) is 5.02 Å². The highest BCUT2D eigenvalue weighted by Crippen LogP contribution is 2.38. The van der Waals surface area contributed by atoms with Crippen molar-refractivity contribution in [3.05, 3.63) is 51.6 Å². The summed E-state index contributed by atoms with van der Waals surface area (Å²) in [4.78, 5) is 14.6. The van der Waals surface area contributed by atoms with Gasteiger partial charge in [0, 0.05) is 18.2 Å². The van der Waals surface area contributed by atoms with E-state index in [4.69, 9.17) is 33.0 Å². The fourth-order valence-corrected chi connectivity index (χ4v) is 4.74. The lowest BCUT2D eigenvalue weighted by Crippen LogP contribution is -2.35. The second-order valence-electron chi connectivity index (χ2n) is 6.82. The van der Waals surface area contributed by atoms with E-state index in [1.165, 1.54) is 17.0 Å². The van der Waals surface area contributed by atoms with Crippen LogP contribution in [0.15, 0.2) is 39.7 Å². The molecule has 10 heteroatoms. The summed E-state index contributed by atoms with van der Waals surface area (Å²) in [5.74, 6) is 0.341. The van der Waals surface area contributed by atoms with Crippen molar-refractivity contribution in [2.45, 2.75) is 25.1 Å². The predicted octanol–water partition coefficient (Wildman–Crippen LogP) is 6.00. The molecule has 30 heavy (non-hydrogen) atoms. The maximum absolute atomic E-state index is 13.1. The van der Waals surface area contributed by atoms with Gasteiger partial charge in [0.25, 0.3) is 5.91 Å². The first-order valence-electron chi connectivity index (χ1n) is 9.06. The Kier molecular flexibility index (Phi) is 5.98.